The second-order valence-electron chi connectivity index (χ2n) is 7.98. The molecule has 3 N–H and O–H groups in total. The Morgan fingerprint density at radius 1 is 0.968 bits per heavy atom. The van der Waals surface area contributed by atoms with Gasteiger partial charge < -0.3 is 5.32 Å². The number of nitrogens with one attached hydrogen (secondary N) is 3. The molecule has 0 bridgehead atoms. The van der Waals surface area contributed by atoms with Crippen LogP contribution in [0.4, 0.5) is 11.4 Å². The maximum Gasteiger partial charge on any atom is 0.242 e. The van der Waals surface area contributed by atoms with Crippen LogP contribution in [0.15, 0.2) is 63.9 Å². The second kappa shape index (κ2) is 8.10. The van der Waals surface area contributed by atoms with E-state index in [1.54, 1.807) is 24.3 Å². The second-order valence-corrected chi connectivity index (χ2v) is 7.98. The van der Waals surface area contributed by atoms with Crippen LogP contribution in [-0.2, 0) is 9.59 Å². The van der Waals surface area contributed by atoms with Crippen molar-refractivity contribution >= 4 is 34.6 Å². The van der Waals surface area contributed by atoms with Crippen molar-refractivity contribution in [1.29, 1.82) is 0 Å². The maximum atomic E-state index is 12.1. The van der Waals surface area contributed by atoms with E-state index in [-0.39, 0.29) is 24.2 Å². The van der Waals surface area contributed by atoms with Gasteiger partial charge in [-0.05, 0) is 41.9 Å². The number of amides is 2. The lowest BCUT2D eigenvalue weighted by Gasteiger charge is -2.35. The van der Waals surface area contributed by atoms with Crippen LogP contribution in [0.25, 0.3) is 0 Å². The zero-order valence-electron chi connectivity index (χ0n) is 17.2. The Kier molecular flexibility index (Phi) is 5.33. The average Bonchev–Trinajstić information content (AvgIpc) is 2.74. The van der Waals surface area contributed by atoms with Crippen molar-refractivity contribution in [2.45, 2.75) is 32.2 Å². The summed E-state index contributed by atoms with van der Waals surface area (Å²) in [5, 5.41) is 14.8. The molecule has 0 spiro atoms. The average molecular weight is 418 g/mol. The van der Waals surface area contributed by atoms with Gasteiger partial charge in [0.15, 0.2) is 0 Å². The number of hydrogen-bond donors (Lipinski definition) is 3. The molecule has 2 aliphatic heterocycles. The van der Waals surface area contributed by atoms with Gasteiger partial charge in [-0.1, -0.05) is 31.2 Å². The number of nitroso groups, excluding NO2 is 1. The van der Waals surface area contributed by atoms with Crippen LogP contribution in [0.3, 0.4) is 0 Å². The van der Waals surface area contributed by atoms with E-state index >= 15 is 0 Å². The minimum Gasteiger partial charge on any atom is -0.374 e. The molecule has 2 aliphatic rings. The molecule has 0 aromatic heterocycles. The minimum absolute atomic E-state index is 0.0367. The van der Waals surface area contributed by atoms with Gasteiger partial charge in [0, 0.05) is 23.6 Å². The minimum atomic E-state index is -0.760. The predicted octanol–water partition coefficient (Wildman–Crippen LogP) is 3.04. The van der Waals surface area contributed by atoms with E-state index in [9.17, 15) is 14.5 Å². The first-order valence-corrected chi connectivity index (χ1v) is 9.94. The van der Waals surface area contributed by atoms with E-state index in [0.717, 1.165) is 22.5 Å². The number of nitrogens with zero attached hydrogens (tertiary/aromatic N) is 3. The molecule has 2 atom stereocenters. The lowest BCUT2D eigenvalue weighted by atomic mass is 9.85. The maximum absolute atomic E-state index is 12.1. The van der Waals surface area contributed by atoms with E-state index in [2.05, 4.69) is 31.5 Å². The van der Waals surface area contributed by atoms with E-state index in [4.69, 9.17) is 0 Å². The number of anilines is 1. The highest BCUT2D eigenvalue weighted by atomic mass is 16.3. The molecule has 0 fully saturated rings. The van der Waals surface area contributed by atoms with Gasteiger partial charge in [0.25, 0.3) is 0 Å². The van der Waals surface area contributed by atoms with Crippen LogP contribution in [0, 0.1) is 10.8 Å². The molecule has 4 rings (SSSR count). The number of hydrazone groups is 2. The third-order valence-corrected chi connectivity index (χ3v) is 5.44. The quantitative estimate of drug-likeness (QED) is 0.646. The molecular formula is C22H22N6O3. The Balaban J connectivity index is 1.59. The highest BCUT2D eigenvalue weighted by Crippen LogP contribution is 2.28. The van der Waals surface area contributed by atoms with Crippen molar-refractivity contribution in [3.8, 4) is 0 Å². The SMILES string of the molecule is CC1CC(=O)NN=C1c1ccc(NC2(C)CC(=O)NN=C2c2ccc(N=O)cc2)cc1. The molecule has 158 valence electrons. The highest BCUT2D eigenvalue weighted by Gasteiger charge is 2.37. The molecule has 2 unspecified atom stereocenters. The van der Waals surface area contributed by atoms with Gasteiger partial charge in [0.1, 0.15) is 5.69 Å². The summed E-state index contributed by atoms with van der Waals surface area (Å²) < 4.78 is 0. The van der Waals surface area contributed by atoms with Crippen LogP contribution in [0.5, 0.6) is 0 Å². The molecule has 0 saturated heterocycles. The largest absolute Gasteiger partial charge is 0.374 e. The normalized spacial score (nSPS) is 23.2. The summed E-state index contributed by atoms with van der Waals surface area (Å²) in [7, 11) is 0. The molecule has 2 amide bonds. The van der Waals surface area contributed by atoms with Gasteiger partial charge in [0.05, 0.1) is 23.4 Å². The van der Waals surface area contributed by atoms with Crippen molar-refractivity contribution in [3.05, 3.63) is 64.6 Å². The van der Waals surface area contributed by atoms with Crippen molar-refractivity contribution in [2.24, 2.45) is 21.3 Å². The third-order valence-electron chi connectivity index (χ3n) is 5.44. The standard InChI is InChI=1S/C22H22N6O3/c1-13-11-18(29)24-26-20(13)14-3-7-16(8-4-14)23-22(2)12-19(30)25-27-21(22)15-5-9-17(28-31)10-6-15/h3-10,13,23H,11-12H2,1-2H3,(H,24,29)(H,25,30). The van der Waals surface area contributed by atoms with Crippen LogP contribution in [0.1, 0.15) is 37.8 Å². The van der Waals surface area contributed by atoms with Crippen molar-refractivity contribution in [3.63, 3.8) is 0 Å². The summed E-state index contributed by atoms with van der Waals surface area (Å²) in [6, 6.07) is 14.4. The first-order chi connectivity index (χ1) is 14.9. The lowest BCUT2D eigenvalue weighted by Crippen LogP contribution is -2.51. The summed E-state index contributed by atoms with van der Waals surface area (Å²) in [5.41, 5.74) is 8.64. The van der Waals surface area contributed by atoms with Crippen LogP contribution >= 0.6 is 0 Å². The van der Waals surface area contributed by atoms with Gasteiger partial charge in [-0.25, -0.2) is 10.9 Å². The lowest BCUT2D eigenvalue weighted by molar-refractivity contribution is -0.122. The summed E-state index contributed by atoms with van der Waals surface area (Å²) in [6.45, 7) is 3.88. The Hall–Kier alpha value is -3.88. The smallest absolute Gasteiger partial charge is 0.242 e. The Morgan fingerprint density at radius 2 is 1.61 bits per heavy atom. The topological polar surface area (TPSA) is 124 Å². The van der Waals surface area contributed by atoms with Gasteiger partial charge >= 0.3 is 0 Å². The number of hydrogen-bond acceptors (Lipinski definition) is 7. The molecule has 31 heavy (non-hydrogen) atoms. The molecule has 9 nitrogen and oxygen atoms in total. The number of carbonyl (C=O) groups excluding carboxylic acids is 2. The first kappa shape index (κ1) is 20.4. The molecule has 0 aliphatic carbocycles. The molecule has 2 aromatic carbocycles. The Labute approximate surface area is 179 Å². The molecule has 2 heterocycles. The summed E-state index contributed by atoms with van der Waals surface area (Å²) in [4.78, 5) is 34.3. The Morgan fingerprint density at radius 3 is 2.26 bits per heavy atom. The van der Waals surface area contributed by atoms with Crippen LogP contribution < -0.4 is 16.2 Å². The Bertz CT molecular complexity index is 1090. The van der Waals surface area contributed by atoms with E-state index in [1.807, 2.05) is 38.1 Å². The van der Waals surface area contributed by atoms with Crippen molar-refractivity contribution in [2.75, 3.05) is 5.32 Å². The van der Waals surface area contributed by atoms with Gasteiger partial charge in [-0.2, -0.15) is 10.2 Å². The number of rotatable bonds is 5. The number of benzene rings is 2. The fourth-order valence-electron chi connectivity index (χ4n) is 3.90. The van der Waals surface area contributed by atoms with Crippen LogP contribution in [-0.4, -0.2) is 28.8 Å². The first-order valence-electron chi connectivity index (χ1n) is 9.94. The molecule has 9 heteroatoms. The van der Waals surface area contributed by atoms with Crippen molar-refractivity contribution in [1.82, 2.24) is 10.9 Å². The van der Waals surface area contributed by atoms with Crippen molar-refractivity contribution < 1.29 is 9.59 Å². The molecule has 0 saturated carbocycles. The van der Waals surface area contributed by atoms with E-state index in [0.29, 0.717) is 17.8 Å². The molecular weight excluding hydrogens is 396 g/mol. The molecule has 2 aromatic rings. The summed E-state index contributed by atoms with van der Waals surface area (Å²) in [6.07, 6.45) is 0.599. The zero-order chi connectivity index (χ0) is 22.0. The highest BCUT2D eigenvalue weighted by molar-refractivity contribution is 6.12. The summed E-state index contributed by atoms with van der Waals surface area (Å²) in [5.74, 6) is -0.237. The van der Waals surface area contributed by atoms with E-state index < -0.39 is 5.54 Å². The predicted molar refractivity (Wildman–Crippen MR) is 118 cm³/mol. The van der Waals surface area contributed by atoms with Gasteiger partial charge in [0.2, 0.25) is 11.8 Å². The zero-order valence-corrected chi connectivity index (χ0v) is 17.2. The van der Waals surface area contributed by atoms with Crippen LogP contribution in [0.2, 0.25) is 0 Å². The number of carbonyl (C=O) groups is 2. The monoisotopic (exact) mass is 418 g/mol. The summed E-state index contributed by atoms with van der Waals surface area (Å²) >= 11 is 0. The van der Waals surface area contributed by atoms with Gasteiger partial charge in [-0.3, -0.25) is 9.59 Å². The fourth-order valence-corrected chi connectivity index (χ4v) is 3.90. The van der Waals surface area contributed by atoms with E-state index in [1.165, 1.54) is 0 Å². The third kappa shape index (κ3) is 4.20. The molecule has 0 radical (unpaired) electrons. The van der Waals surface area contributed by atoms with Gasteiger partial charge in [-0.15, -0.1) is 4.91 Å². The fraction of sp³-hybridized carbons (Fsp3) is 0.273.